The van der Waals surface area contributed by atoms with Crippen molar-refractivity contribution in [3.8, 4) is 0 Å². The average molecular weight is 346 g/mol. The summed E-state index contributed by atoms with van der Waals surface area (Å²) in [5.41, 5.74) is 1.64. The Labute approximate surface area is 148 Å². The number of aromatic nitrogens is 2. The number of piperidine rings is 1. The van der Waals surface area contributed by atoms with Crippen molar-refractivity contribution >= 4 is 17.2 Å². The smallest absolute Gasteiger partial charge is 0.257 e. The summed E-state index contributed by atoms with van der Waals surface area (Å²) >= 11 is 1.81. The highest BCUT2D eigenvalue weighted by Crippen LogP contribution is 2.25. The average Bonchev–Trinajstić information content (AvgIpc) is 3.22. The molecule has 2 aromatic rings. The van der Waals surface area contributed by atoms with Crippen LogP contribution in [0, 0.1) is 6.92 Å². The molecule has 0 bridgehead atoms. The van der Waals surface area contributed by atoms with E-state index >= 15 is 0 Å². The number of nitrogens with zero attached hydrogens (tertiary/aromatic N) is 3. The van der Waals surface area contributed by atoms with Crippen molar-refractivity contribution in [1.29, 1.82) is 0 Å². The predicted octanol–water partition coefficient (Wildman–Crippen LogP) is 4.29. The Morgan fingerprint density at radius 1 is 1.42 bits per heavy atom. The highest BCUT2D eigenvalue weighted by Gasteiger charge is 2.29. The summed E-state index contributed by atoms with van der Waals surface area (Å²) in [6, 6.07) is 4.66. The molecular formula is C19H27N3OS. The van der Waals surface area contributed by atoms with E-state index in [2.05, 4.69) is 34.4 Å². The van der Waals surface area contributed by atoms with Gasteiger partial charge in [-0.3, -0.25) is 9.48 Å². The van der Waals surface area contributed by atoms with E-state index in [1.165, 1.54) is 11.3 Å². The summed E-state index contributed by atoms with van der Waals surface area (Å²) in [6.07, 6.45) is 8.57. The van der Waals surface area contributed by atoms with Gasteiger partial charge in [-0.15, -0.1) is 11.3 Å². The van der Waals surface area contributed by atoms with E-state index in [-0.39, 0.29) is 5.91 Å². The van der Waals surface area contributed by atoms with Gasteiger partial charge in [0.2, 0.25) is 0 Å². The van der Waals surface area contributed by atoms with Gasteiger partial charge < -0.3 is 4.90 Å². The molecule has 0 aliphatic carbocycles. The Morgan fingerprint density at radius 3 is 3.04 bits per heavy atom. The van der Waals surface area contributed by atoms with Crippen molar-refractivity contribution in [2.75, 3.05) is 6.54 Å². The van der Waals surface area contributed by atoms with Crippen LogP contribution >= 0.6 is 11.3 Å². The van der Waals surface area contributed by atoms with Crippen LogP contribution in [0.25, 0.3) is 0 Å². The normalized spacial score (nSPS) is 18.1. The van der Waals surface area contributed by atoms with Crippen LogP contribution in [0.3, 0.4) is 0 Å². The number of hydrogen-bond acceptors (Lipinski definition) is 3. The predicted molar refractivity (Wildman–Crippen MR) is 98.6 cm³/mol. The highest BCUT2D eigenvalue weighted by atomic mass is 32.1. The fourth-order valence-electron chi connectivity index (χ4n) is 3.56. The minimum atomic E-state index is 0.172. The zero-order valence-corrected chi connectivity index (χ0v) is 15.5. The number of carbonyl (C=O) groups excluding carboxylic acids is 1. The van der Waals surface area contributed by atoms with Crippen LogP contribution in [-0.2, 0) is 13.0 Å². The first-order valence-electron chi connectivity index (χ1n) is 9.06. The molecule has 1 atom stereocenters. The Bertz CT molecular complexity index is 662. The number of carbonyl (C=O) groups is 1. The molecule has 1 fully saturated rings. The van der Waals surface area contributed by atoms with Crippen molar-refractivity contribution in [2.24, 2.45) is 0 Å². The van der Waals surface area contributed by atoms with E-state index in [0.29, 0.717) is 6.04 Å². The summed E-state index contributed by atoms with van der Waals surface area (Å²) in [5.74, 6) is 0.172. The van der Waals surface area contributed by atoms with Crippen molar-refractivity contribution < 1.29 is 4.79 Å². The maximum atomic E-state index is 13.1. The quantitative estimate of drug-likeness (QED) is 0.783. The minimum absolute atomic E-state index is 0.172. The first-order chi connectivity index (χ1) is 11.7. The molecule has 0 aromatic carbocycles. The fourth-order valence-corrected chi connectivity index (χ4v) is 4.28. The number of thiophene rings is 1. The molecule has 0 spiro atoms. The second kappa shape index (κ2) is 7.97. The lowest BCUT2D eigenvalue weighted by atomic mass is 9.96. The summed E-state index contributed by atoms with van der Waals surface area (Å²) < 4.78 is 1.91. The summed E-state index contributed by atoms with van der Waals surface area (Å²) in [5, 5.41) is 6.63. The van der Waals surface area contributed by atoms with Crippen LogP contribution in [0.15, 0.2) is 23.7 Å². The minimum Gasteiger partial charge on any atom is -0.336 e. The Hall–Kier alpha value is -1.62. The molecule has 4 nitrogen and oxygen atoms in total. The van der Waals surface area contributed by atoms with Crippen molar-refractivity contribution in [1.82, 2.24) is 14.7 Å². The van der Waals surface area contributed by atoms with Gasteiger partial charge in [-0.25, -0.2) is 0 Å². The highest BCUT2D eigenvalue weighted by molar-refractivity contribution is 7.09. The van der Waals surface area contributed by atoms with Gasteiger partial charge >= 0.3 is 0 Å². The second-order valence-electron chi connectivity index (χ2n) is 6.66. The lowest BCUT2D eigenvalue weighted by Crippen LogP contribution is -2.44. The molecule has 24 heavy (non-hydrogen) atoms. The topological polar surface area (TPSA) is 38.1 Å². The Kier molecular flexibility index (Phi) is 5.72. The zero-order chi connectivity index (χ0) is 16.9. The molecular weight excluding hydrogens is 318 g/mol. The molecule has 3 heterocycles. The molecule has 1 amide bonds. The number of rotatable bonds is 6. The molecule has 0 radical (unpaired) electrons. The van der Waals surface area contributed by atoms with E-state index in [1.54, 1.807) is 0 Å². The van der Waals surface area contributed by atoms with Gasteiger partial charge in [0.25, 0.3) is 5.91 Å². The summed E-state index contributed by atoms with van der Waals surface area (Å²) in [7, 11) is 0. The maximum Gasteiger partial charge on any atom is 0.257 e. The lowest BCUT2D eigenvalue weighted by Gasteiger charge is -2.35. The van der Waals surface area contributed by atoms with E-state index in [0.717, 1.165) is 56.5 Å². The van der Waals surface area contributed by atoms with Crippen molar-refractivity contribution in [3.05, 3.63) is 39.8 Å². The zero-order valence-electron chi connectivity index (χ0n) is 14.7. The third-order valence-corrected chi connectivity index (χ3v) is 5.76. The van der Waals surface area contributed by atoms with Crippen LogP contribution < -0.4 is 0 Å². The fraction of sp³-hybridized carbons (Fsp3) is 0.579. The largest absolute Gasteiger partial charge is 0.336 e. The standard InChI is InChI=1S/C19H27N3OS/c1-3-11-21-14-18(15(2)20-21)19(23)22-12-5-4-7-16(22)9-10-17-8-6-13-24-17/h6,8,13-14,16H,3-5,7,9-12H2,1-2H3. The Morgan fingerprint density at radius 2 is 2.29 bits per heavy atom. The molecule has 1 aliphatic heterocycles. The van der Waals surface area contributed by atoms with E-state index in [9.17, 15) is 4.79 Å². The number of hydrogen-bond donors (Lipinski definition) is 0. The molecule has 0 saturated carbocycles. The summed E-state index contributed by atoms with van der Waals surface area (Å²) in [6.45, 7) is 5.83. The number of aryl methyl sites for hydroxylation is 3. The summed E-state index contributed by atoms with van der Waals surface area (Å²) in [4.78, 5) is 16.6. The number of amides is 1. The molecule has 1 saturated heterocycles. The third kappa shape index (κ3) is 3.89. The molecule has 130 valence electrons. The second-order valence-corrected chi connectivity index (χ2v) is 7.69. The third-order valence-electron chi connectivity index (χ3n) is 4.82. The van der Waals surface area contributed by atoms with E-state index in [4.69, 9.17) is 0 Å². The molecule has 3 rings (SSSR count). The first-order valence-corrected chi connectivity index (χ1v) is 9.94. The van der Waals surface area contributed by atoms with Gasteiger partial charge in [-0.2, -0.15) is 5.10 Å². The van der Waals surface area contributed by atoms with Gasteiger partial charge in [-0.05, 0) is 56.9 Å². The molecule has 2 aromatic heterocycles. The first kappa shape index (κ1) is 17.2. The van der Waals surface area contributed by atoms with Gasteiger partial charge in [-0.1, -0.05) is 13.0 Å². The van der Waals surface area contributed by atoms with E-state index < -0.39 is 0 Å². The van der Waals surface area contributed by atoms with Crippen LogP contribution in [0.2, 0.25) is 0 Å². The van der Waals surface area contributed by atoms with Crippen LogP contribution in [0.1, 0.15) is 60.0 Å². The molecule has 5 heteroatoms. The van der Waals surface area contributed by atoms with Gasteiger partial charge in [0.1, 0.15) is 0 Å². The molecule has 1 unspecified atom stereocenters. The van der Waals surface area contributed by atoms with Gasteiger partial charge in [0.05, 0.1) is 11.3 Å². The molecule has 1 aliphatic rings. The van der Waals surface area contributed by atoms with Crippen LogP contribution in [0.5, 0.6) is 0 Å². The van der Waals surface area contributed by atoms with Crippen molar-refractivity contribution in [2.45, 2.75) is 65.0 Å². The SMILES string of the molecule is CCCn1cc(C(=O)N2CCCCC2CCc2cccs2)c(C)n1. The van der Waals surface area contributed by atoms with Gasteiger partial charge in [0, 0.05) is 30.2 Å². The van der Waals surface area contributed by atoms with E-state index in [1.807, 2.05) is 29.1 Å². The van der Waals surface area contributed by atoms with Crippen molar-refractivity contribution in [3.63, 3.8) is 0 Å². The maximum absolute atomic E-state index is 13.1. The number of likely N-dealkylation sites (tertiary alicyclic amines) is 1. The molecule has 0 N–H and O–H groups in total. The monoisotopic (exact) mass is 345 g/mol. The lowest BCUT2D eigenvalue weighted by molar-refractivity contribution is 0.0601. The Balaban J connectivity index is 1.70. The van der Waals surface area contributed by atoms with Crippen LogP contribution in [-0.4, -0.2) is 33.2 Å². The van der Waals surface area contributed by atoms with Crippen LogP contribution in [0.4, 0.5) is 0 Å². The van der Waals surface area contributed by atoms with Gasteiger partial charge in [0.15, 0.2) is 0 Å².